The lowest BCUT2D eigenvalue weighted by Gasteiger charge is -2.31. The van der Waals surface area contributed by atoms with E-state index in [-0.39, 0.29) is 5.91 Å². The van der Waals surface area contributed by atoms with E-state index in [0.29, 0.717) is 13.1 Å². The van der Waals surface area contributed by atoms with Gasteiger partial charge in [-0.15, -0.1) is 0 Å². The Labute approximate surface area is 119 Å². The van der Waals surface area contributed by atoms with Crippen LogP contribution in [0.15, 0.2) is 30.3 Å². The molecular formula is C16H18N2O2. The fourth-order valence-electron chi connectivity index (χ4n) is 2.04. The van der Waals surface area contributed by atoms with Crippen molar-refractivity contribution in [1.29, 1.82) is 0 Å². The first-order chi connectivity index (χ1) is 9.72. The minimum absolute atomic E-state index is 0.0255. The number of amides is 1. The Bertz CT molecular complexity index is 520. The fraction of sp³-hybridized carbons (Fsp3) is 0.312. The zero-order chi connectivity index (χ0) is 14.4. The minimum Gasteiger partial charge on any atom is -0.497 e. The highest BCUT2D eigenvalue weighted by atomic mass is 16.5. The van der Waals surface area contributed by atoms with Gasteiger partial charge >= 0.3 is 0 Å². The van der Waals surface area contributed by atoms with Gasteiger partial charge in [-0.25, -0.2) is 0 Å². The van der Waals surface area contributed by atoms with Gasteiger partial charge in [0, 0.05) is 38.3 Å². The summed E-state index contributed by atoms with van der Waals surface area (Å²) in [6.45, 7) is 2.82. The number of methoxy groups -OCH3 is 1. The Morgan fingerprint density at radius 1 is 1.25 bits per heavy atom. The molecule has 0 atom stereocenters. The number of ether oxygens (including phenoxy) is 1. The molecule has 4 heteroatoms. The molecule has 1 aromatic carbocycles. The van der Waals surface area contributed by atoms with Gasteiger partial charge in [0.25, 0.3) is 0 Å². The summed E-state index contributed by atoms with van der Waals surface area (Å²) in [4.78, 5) is 15.7. The first-order valence-corrected chi connectivity index (χ1v) is 6.55. The lowest BCUT2D eigenvalue weighted by Crippen LogP contribution is -2.46. The highest BCUT2D eigenvalue weighted by molar-refractivity contribution is 5.91. The van der Waals surface area contributed by atoms with Gasteiger partial charge in [-0.05, 0) is 23.8 Å². The smallest absolute Gasteiger partial charge is 0.246 e. The van der Waals surface area contributed by atoms with Crippen molar-refractivity contribution in [3.8, 4) is 18.2 Å². The third-order valence-electron chi connectivity index (χ3n) is 3.31. The number of piperazine rings is 1. The average Bonchev–Trinajstić information content (AvgIpc) is 2.53. The molecule has 104 valence electrons. The molecule has 0 aliphatic carbocycles. The Kier molecular flexibility index (Phi) is 4.67. The molecule has 1 aromatic rings. The maximum absolute atomic E-state index is 12.0. The van der Waals surface area contributed by atoms with Crippen molar-refractivity contribution in [1.82, 2.24) is 9.80 Å². The topological polar surface area (TPSA) is 32.8 Å². The maximum Gasteiger partial charge on any atom is 0.246 e. The second kappa shape index (κ2) is 6.67. The highest BCUT2D eigenvalue weighted by Crippen LogP contribution is 2.12. The Morgan fingerprint density at radius 2 is 1.90 bits per heavy atom. The first kappa shape index (κ1) is 14.0. The van der Waals surface area contributed by atoms with Crippen LogP contribution in [0.25, 0.3) is 6.08 Å². The van der Waals surface area contributed by atoms with Crippen LogP contribution in [0.1, 0.15) is 5.56 Å². The van der Waals surface area contributed by atoms with Crippen LogP contribution in [0.3, 0.4) is 0 Å². The van der Waals surface area contributed by atoms with Crippen LogP contribution in [0.2, 0.25) is 0 Å². The Morgan fingerprint density at radius 3 is 2.45 bits per heavy atom. The van der Waals surface area contributed by atoms with Gasteiger partial charge in [-0.1, -0.05) is 18.6 Å². The van der Waals surface area contributed by atoms with Gasteiger partial charge in [0.1, 0.15) is 5.75 Å². The first-order valence-electron chi connectivity index (χ1n) is 6.55. The molecule has 1 amide bonds. The number of benzene rings is 1. The van der Waals surface area contributed by atoms with Crippen LogP contribution in [0.4, 0.5) is 0 Å². The normalized spacial score (nSPS) is 15.2. The van der Waals surface area contributed by atoms with E-state index in [0.717, 1.165) is 24.4 Å². The van der Waals surface area contributed by atoms with Gasteiger partial charge < -0.3 is 14.5 Å². The highest BCUT2D eigenvalue weighted by Gasteiger charge is 2.17. The molecule has 4 nitrogen and oxygen atoms in total. The number of rotatable bonds is 3. The van der Waals surface area contributed by atoms with Crippen LogP contribution in [-0.2, 0) is 4.79 Å². The summed E-state index contributed by atoms with van der Waals surface area (Å²) in [5.41, 5.74) is 0.974. The maximum atomic E-state index is 12.0. The predicted octanol–water partition coefficient (Wildman–Crippen LogP) is 1.44. The van der Waals surface area contributed by atoms with E-state index in [4.69, 9.17) is 11.2 Å². The van der Waals surface area contributed by atoms with Gasteiger partial charge in [0.15, 0.2) is 0 Å². The van der Waals surface area contributed by atoms with E-state index >= 15 is 0 Å². The van der Waals surface area contributed by atoms with Crippen molar-refractivity contribution < 1.29 is 9.53 Å². The summed E-state index contributed by atoms with van der Waals surface area (Å²) in [6, 6.07) is 10.2. The van der Waals surface area contributed by atoms with Gasteiger partial charge in [-0.3, -0.25) is 4.79 Å². The van der Waals surface area contributed by atoms with Crippen LogP contribution in [-0.4, -0.2) is 49.0 Å². The van der Waals surface area contributed by atoms with E-state index in [1.807, 2.05) is 40.1 Å². The molecule has 0 bridgehead atoms. The summed E-state index contributed by atoms with van der Waals surface area (Å²) < 4.78 is 5.09. The molecule has 1 saturated heterocycles. The zero-order valence-corrected chi connectivity index (χ0v) is 11.6. The molecule has 0 radical (unpaired) electrons. The van der Waals surface area contributed by atoms with Crippen molar-refractivity contribution in [3.63, 3.8) is 0 Å². The number of hydrogen-bond acceptors (Lipinski definition) is 3. The SMILES string of the molecule is C#CN1CCN(C(=O)C=Cc2ccc(OC)cc2)CC1. The van der Waals surface area contributed by atoms with Crippen LogP contribution in [0, 0.1) is 12.5 Å². The molecule has 20 heavy (non-hydrogen) atoms. The van der Waals surface area contributed by atoms with Crippen molar-refractivity contribution in [2.45, 2.75) is 0 Å². The van der Waals surface area contributed by atoms with Crippen molar-refractivity contribution in [2.75, 3.05) is 33.3 Å². The van der Waals surface area contributed by atoms with E-state index in [9.17, 15) is 4.79 Å². The lowest BCUT2D eigenvalue weighted by molar-refractivity contribution is -0.127. The largest absolute Gasteiger partial charge is 0.497 e. The van der Waals surface area contributed by atoms with E-state index < -0.39 is 0 Å². The average molecular weight is 270 g/mol. The second-order valence-electron chi connectivity index (χ2n) is 4.55. The van der Waals surface area contributed by atoms with Crippen LogP contribution in [0.5, 0.6) is 5.75 Å². The lowest BCUT2D eigenvalue weighted by atomic mass is 10.2. The Balaban J connectivity index is 1.90. The summed E-state index contributed by atoms with van der Waals surface area (Å²) >= 11 is 0. The third-order valence-corrected chi connectivity index (χ3v) is 3.31. The number of carbonyl (C=O) groups excluding carboxylic acids is 1. The van der Waals surface area contributed by atoms with Crippen LogP contribution < -0.4 is 4.74 Å². The summed E-state index contributed by atoms with van der Waals surface area (Å²) in [6.07, 6.45) is 8.75. The predicted molar refractivity (Wildman–Crippen MR) is 79.0 cm³/mol. The van der Waals surface area contributed by atoms with Gasteiger partial charge in [-0.2, -0.15) is 0 Å². The minimum atomic E-state index is 0.0255. The van der Waals surface area contributed by atoms with Crippen molar-refractivity contribution in [2.24, 2.45) is 0 Å². The van der Waals surface area contributed by atoms with Crippen molar-refractivity contribution in [3.05, 3.63) is 35.9 Å². The third kappa shape index (κ3) is 3.55. The molecule has 0 saturated carbocycles. The monoisotopic (exact) mass is 270 g/mol. The van der Waals surface area contributed by atoms with Gasteiger partial charge in [0.2, 0.25) is 5.91 Å². The summed E-state index contributed by atoms with van der Waals surface area (Å²) in [7, 11) is 1.63. The molecular weight excluding hydrogens is 252 g/mol. The molecule has 2 rings (SSSR count). The molecule has 0 unspecified atom stereocenters. The molecule has 0 N–H and O–H groups in total. The fourth-order valence-corrected chi connectivity index (χ4v) is 2.04. The van der Waals surface area contributed by atoms with Crippen molar-refractivity contribution >= 4 is 12.0 Å². The number of nitrogens with zero attached hydrogens (tertiary/aromatic N) is 2. The van der Waals surface area contributed by atoms with E-state index in [1.165, 1.54) is 0 Å². The van der Waals surface area contributed by atoms with E-state index in [1.54, 1.807) is 13.2 Å². The summed E-state index contributed by atoms with van der Waals surface area (Å²) in [5, 5.41) is 0. The molecule has 0 aromatic heterocycles. The van der Waals surface area contributed by atoms with Crippen LogP contribution >= 0.6 is 0 Å². The zero-order valence-electron chi connectivity index (χ0n) is 11.6. The van der Waals surface area contributed by atoms with E-state index in [2.05, 4.69) is 6.04 Å². The molecule has 1 aliphatic heterocycles. The van der Waals surface area contributed by atoms with Gasteiger partial charge in [0.05, 0.1) is 7.11 Å². The molecule has 1 fully saturated rings. The second-order valence-corrected chi connectivity index (χ2v) is 4.55. The molecule has 1 aliphatic rings. The standard InChI is InChI=1S/C16H18N2O2/c1-3-17-10-12-18(13-11-17)16(19)9-6-14-4-7-15(20-2)8-5-14/h1,4-9H,10-13H2,2H3. The molecule has 0 spiro atoms. The number of carbonyl (C=O) groups is 1. The number of terminal acetylenes is 1. The number of hydrogen-bond donors (Lipinski definition) is 0. The quantitative estimate of drug-likeness (QED) is 0.615. The molecule has 1 heterocycles. The summed E-state index contributed by atoms with van der Waals surface area (Å²) in [5.74, 6) is 0.830. The Hall–Kier alpha value is -2.41.